The molecular formula is C20H18F2O3. The zero-order valence-corrected chi connectivity index (χ0v) is 14.0. The molecule has 1 aliphatic rings. The molecule has 2 aromatic rings. The Bertz CT molecular complexity index is 843. The van der Waals surface area contributed by atoms with Gasteiger partial charge in [0.15, 0.2) is 17.3 Å². The summed E-state index contributed by atoms with van der Waals surface area (Å²) < 4.78 is 38.1. The molecule has 0 radical (unpaired) electrons. The minimum atomic E-state index is -0.534. The Morgan fingerprint density at radius 2 is 1.72 bits per heavy atom. The highest BCUT2D eigenvalue weighted by atomic mass is 19.1. The lowest BCUT2D eigenvalue weighted by molar-refractivity contribution is -0.115. The Balaban J connectivity index is 1.95. The second-order valence-electron chi connectivity index (χ2n) is 5.98. The van der Waals surface area contributed by atoms with Crippen LogP contribution in [0.15, 0.2) is 42.5 Å². The van der Waals surface area contributed by atoms with Crippen molar-refractivity contribution in [1.29, 1.82) is 0 Å². The van der Waals surface area contributed by atoms with Crippen LogP contribution in [0.4, 0.5) is 8.78 Å². The molecule has 5 heteroatoms. The smallest absolute Gasteiger partial charge is 0.160 e. The zero-order valence-electron chi connectivity index (χ0n) is 14.0. The molecule has 0 aliphatic heterocycles. The molecule has 1 atom stereocenters. The number of hydrogen-bond acceptors (Lipinski definition) is 3. The number of rotatable bonds is 4. The van der Waals surface area contributed by atoms with Crippen LogP contribution in [0, 0.1) is 11.6 Å². The molecule has 1 aliphatic carbocycles. The molecule has 130 valence electrons. The number of halogens is 2. The Morgan fingerprint density at radius 1 is 0.960 bits per heavy atom. The van der Waals surface area contributed by atoms with E-state index in [0.29, 0.717) is 29.9 Å². The quantitative estimate of drug-likeness (QED) is 0.818. The molecule has 0 unspecified atom stereocenters. The van der Waals surface area contributed by atoms with Crippen LogP contribution in [-0.4, -0.2) is 20.0 Å². The predicted octanol–water partition coefficient (Wildman–Crippen LogP) is 4.51. The second kappa shape index (κ2) is 7.05. The van der Waals surface area contributed by atoms with E-state index in [1.54, 1.807) is 20.3 Å². The molecule has 0 amide bonds. The predicted molar refractivity (Wildman–Crippen MR) is 90.9 cm³/mol. The van der Waals surface area contributed by atoms with Gasteiger partial charge in [0, 0.05) is 12.0 Å². The molecule has 0 saturated carbocycles. The van der Waals surface area contributed by atoms with Gasteiger partial charge in [-0.3, -0.25) is 4.79 Å². The summed E-state index contributed by atoms with van der Waals surface area (Å²) in [6.07, 6.45) is 2.17. The van der Waals surface area contributed by atoms with E-state index in [-0.39, 0.29) is 17.3 Å². The Labute approximate surface area is 144 Å². The Hall–Kier alpha value is -2.69. The van der Waals surface area contributed by atoms with E-state index in [4.69, 9.17) is 9.47 Å². The Kier molecular flexibility index (Phi) is 4.83. The summed E-state index contributed by atoms with van der Waals surface area (Å²) in [5.41, 5.74) is 1.54. The summed E-state index contributed by atoms with van der Waals surface area (Å²) in [5, 5.41) is 0. The molecule has 0 saturated heterocycles. The highest BCUT2D eigenvalue weighted by Crippen LogP contribution is 2.39. The molecule has 25 heavy (non-hydrogen) atoms. The van der Waals surface area contributed by atoms with E-state index in [0.717, 1.165) is 23.8 Å². The number of allylic oxidation sites excluding steroid dienone is 2. The van der Waals surface area contributed by atoms with Gasteiger partial charge in [0.2, 0.25) is 0 Å². The van der Waals surface area contributed by atoms with Crippen LogP contribution < -0.4 is 9.47 Å². The molecule has 3 nitrogen and oxygen atoms in total. The van der Waals surface area contributed by atoms with E-state index in [9.17, 15) is 13.6 Å². The summed E-state index contributed by atoms with van der Waals surface area (Å²) in [4.78, 5) is 12.2. The molecule has 0 heterocycles. The third-order valence-electron chi connectivity index (χ3n) is 4.40. The summed E-state index contributed by atoms with van der Waals surface area (Å²) in [6, 6.07) is 8.74. The van der Waals surface area contributed by atoms with Crippen molar-refractivity contribution in [3.63, 3.8) is 0 Å². The number of ketones is 1. The normalized spacial score (nSPS) is 17.2. The van der Waals surface area contributed by atoms with Crippen LogP contribution in [0.25, 0.3) is 5.57 Å². The fraction of sp³-hybridized carbons (Fsp3) is 0.250. The van der Waals surface area contributed by atoms with Crippen molar-refractivity contribution in [3.05, 3.63) is 65.2 Å². The third-order valence-corrected chi connectivity index (χ3v) is 4.40. The standard InChI is InChI=1S/C20H18F2O3/c1-24-19-6-3-12(10-20(19)25-2)13-7-14(9-16(23)8-13)17-11-15(21)4-5-18(17)22/h3-6,9-11,13H,7-8H2,1-2H3/t13-/m1/s1. The number of carbonyl (C=O) groups excluding carboxylic acids is 1. The first-order valence-corrected chi connectivity index (χ1v) is 7.92. The van der Waals surface area contributed by atoms with Crippen molar-refractivity contribution in [2.75, 3.05) is 14.2 Å². The largest absolute Gasteiger partial charge is 0.493 e. The van der Waals surface area contributed by atoms with Crippen molar-refractivity contribution in [3.8, 4) is 11.5 Å². The minimum Gasteiger partial charge on any atom is -0.493 e. The molecule has 2 aromatic carbocycles. The van der Waals surface area contributed by atoms with Gasteiger partial charge in [-0.1, -0.05) is 6.07 Å². The number of benzene rings is 2. The van der Waals surface area contributed by atoms with Crippen LogP contribution in [0.2, 0.25) is 0 Å². The fourth-order valence-electron chi connectivity index (χ4n) is 3.17. The number of ether oxygens (including phenoxy) is 2. The van der Waals surface area contributed by atoms with Crippen LogP contribution >= 0.6 is 0 Å². The van der Waals surface area contributed by atoms with Gasteiger partial charge in [0.05, 0.1) is 14.2 Å². The van der Waals surface area contributed by atoms with Crippen LogP contribution in [0.1, 0.15) is 29.9 Å². The maximum atomic E-state index is 14.1. The second-order valence-corrected chi connectivity index (χ2v) is 5.98. The summed E-state index contributed by atoms with van der Waals surface area (Å²) in [7, 11) is 3.09. The molecule has 0 spiro atoms. The fourth-order valence-corrected chi connectivity index (χ4v) is 3.17. The lowest BCUT2D eigenvalue weighted by Crippen LogP contribution is -2.13. The van der Waals surface area contributed by atoms with Crippen molar-refractivity contribution in [2.45, 2.75) is 18.8 Å². The van der Waals surface area contributed by atoms with Gasteiger partial charge in [-0.15, -0.1) is 0 Å². The maximum Gasteiger partial charge on any atom is 0.160 e. The third kappa shape index (κ3) is 3.55. The van der Waals surface area contributed by atoms with Crippen LogP contribution in [0.5, 0.6) is 11.5 Å². The van der Waals surface area contributed by atoms with Gasteiger partial charge in [-0.05, 0) is 59.9 Å². The lowest BCUT2D eigenvalue weighted by atomic mass is 9.81. The minimum absolute atomic E-state index is 0.107. The van der Waals surface area contributed by atoms with E-state index < -0.39 is 11.6 Å². The van der Waals surface area contributed by atoms with Gasteiger partial charge in [0.25, 0.3) is 0 Å². The maximum absolute atomic E-state index is 14.1. The molecule has 3 rings (SSSR count). The summed E-state index contributed by atoms with van der Waals surface area (Å²) >= 11 is 0. The first kappa shape index (κ1) is 17.1. The molecule has 0 fully saturated rings. The number of carbonyl (C=O) groups is 1. The van der Waals surface area contributed by atoms with E-state index >= 15 is 0 Å². The first-order valence-electron chi connectivity index (χ1n) is 7.92. The Morgan fingerprint density at radius 3 is 2.44 bits per heavy atom. The van der Waals surface area contributed by atoms with Crippen molar-refractivity contribution >= 4 is 11.4 Å². The van der Waals surface area contributed by atoms with Gasteiger partial charge in [-0.2, -0.15) is 0 Å². The molecule has 0 bridgehead atoms. The van der Waals surface area contributed by atoms with Gasteiger partial charge in [0.1, 0.15) is 11.6 Å². The first-order chi connectivity index (χ1) is 12.0. The van der Waals surface area contributed by atoms with Crippen molar-refractivity contribution in [2.24, 2.45) is 0 Å². The summed E-state index contributed by atoms with van der Waals surface area (Å²) in [6.45, 7) is 0. The molecule has 0 N–H and O–H groups in total. The topological polar surface area (TPSA) is 35.5 Å². The zero-order chi connectivity index (χ0) is 18.0. The average Bonchev–Trinajstić information content (AvgIpc) is 2.62. The van der Waals surface area contributed by atoms with Crippen molar-refractivity contribution in [1.82, 2.24) is 0 Å². The highest BCUT2D eigenvalue weighted by molar-refractivity contribution is 5.99. The van der Waals surface area contributed by atoms with Crippen molar-refractivity contribution < 1.29 is 23.0 Å². The van der Waals surface area contributed by atoms with Gasteiger partial charge >= 0.3 is 0 Å². The van der Waals surface area contributed by atoms with Crippen LogP contribution in [0.3, 0.4) is 0 Å². The highest BCUT2D eigenvalue weighted by Gasteiger charge is 2.25. The molecular weight excluding hydrogens is 326 g/mol. The van der Waals surface area contributed by atoms with Gasteiger partial charge in [-0.25, -0.2) is 8.78 Å². The van der Waals surface area contributed by atoms with E-state index in [1.165, 1.54) is 6.08 Å². The SMILES string of the molecule is COc1ccc([C@H]2CC(=O)C=C(c3cc(F)ccc3F)C2)cc1OC. The van der Waals surface area contributed by atoms with Gasteiger partial charge < -0.3 is 9.47 Å². The average molecular weight is 344 g/mol. The number of hydrogen-bond donors (Lipinski definition) is 0. The van der Waals surface area contributed by atoms with Crippen LogP contribution in [-0.2, 0) is 4.79 Å². The van der Waals surface area contributed by atoms with E-state index in [1.807, 2.05) is 12.1 Å². The lowest BCUT2D eigenvalue weighted by Gasteiger charge is -2.23. The molecule has 0 aromatic heterocycles. The number of methoxy groups -OCH3 is 2. The summed E-state index contributed by atoms with van der Waals surface area (Å²) in [5.74, 6) is -0.133. The van der Waals surface area contributed by atoms with E-state index in [2.05, 4.69) is 0 Å². The monoisotopic (exact) mass is 344 g/mol.